The summed E-state index contributed by atoms with van der Waals surface area (Å²) in [5.41, 5.74) is 0.672. The molecule has 0 fully saturated rings. The van der Waals surface area contributed by atoms with Crippen LogP contribution in [0.5, 0.6) is 0 Å². The second kappa shape index (κ2) is 7.07. The van der Waals surface area contributed by atoms with E-state index in [4.69, 9.17) is 5.26 Å². The highest BCUT2D eigenvalue weighted by Crippen LogP contribution is 2.29. The average Bonchev–Trinajstić information content (AvgIpc) is 2.53. The van der Waals surface area contributed by atoms with Gasteiger partial charge < -0.3 is 0 Å². The lowest BCUT2D eigenvalue weighted by Crippen LogP contribution is -2.34. The quantitative estimate of drug-likeness (QED) is 0.851. The summed E-state index contributed by atoms with van der Waals surface area (Å²) in [6, 6.07) is 6.74. The number of aromatic nitrogens is 2. The van der Waals surface area contributed by atoms with Crippen LogP contribution in [0.1, 0.15) is 27.9 Å². The summed E-state index contributed by atoms with van der Waals surface area (Å²) in [6.45, 7) is 3.83. The van der Waals surface area contributed by atoms with E-state index in [0.717, 1.165) is 12.1 Å². The van der Waals surface area contributed by atoms with Crippen molar-refractivity contribution < 1.29 is 13.2 Å². The molecule has 0 N–H and O–H groups in total. The van der Waals surface area contributed by atoms with Crippen LogP contribution >= 0.6 is 0 Å². The van der Waals surface area contributed by atoms with Gasteiger partial charge in [-0.25, -0.2) is 4.68 Å². The summed E-state index contributed by atoms with van der Waals surface area (Å²) in [6.07, 6.45) is -4.37. The largest absolute Gasteiger partial charge is 0.416 e. The van der Waals surface area contributed by atoms with Crippen molar-refractivity contribution in [2.45, 2.75) is 33.2 Å². The molecule has 1 aromatic heterocycles. The van der Waals surface area contributed by atoms with Gasteiger partial charge >= 0.3 is 6.18 Å². The standard InChI is InChI=1S/C17H17F3N4O/c1-11-12(2)22-24(16(25)15(11)8-21)10-23(3)9-13-4-6-14(7-5-13)17(18,19)20/h4-7H,9-10H2,1-3H3. The summed E-state index contributed by atoms with van der Waals surface area (Å²) in [5.74, 6) is 0. The van der Waals surface area contributed by atoms with Crippen LogP contribution in [0.25, 0.3) is 0 Å². The fourth-order valence-electron chi connectivity index (χ4n) is 2.39. The van der Waals surface area contributed by atoms with E-state index in [2.05, 4.69) is 5.10 Å². The minimum atomic E-state index is -4.37. The molecule has 0 amide bonds. The molecular formula is C17H17F3N4O. The molecule has 0 bridgehead atoms. The van der Waals surface area contributed by atoms with E-state index in [1.807, 2.05) is 6.07 Å². The van der Waals surface area contributed by atoms with Gasteiger partial charge in [0.05, 0.1) is 17.9 Å². The minimum Gasteiger partial charge on any atom is -0.283 e. The van der Waals surface area contributed by atoms with Gasteiger partial charge in [-0.15, -0.1) is 0 Å². The molecule has 0 aliphatic rings. The first-order valence-electron chi connectivity index (χ1n) is 7.46. The predicted octanol–water partition coefficient (Wildman–Crippen LogP) is 2.84. The number of halogens is 3. The Bertz CT molecular complexity index is 864. The number of benzene rings is 1. The van der Waals surface area contributed by atoms with Crippen molar-refractivity contribution >= 4 is 0 Å². The van der Waals surface area contributed by atoms with Crippen molar-refractivity contribution in [3.05, 3.63) is 62.6 Å². The molecule has 2 aromatic rings. The van der Waals surface area contributed by atoms with Crippen LogP contribution in [0.2, 0.25) is 0 Å². The number of nitrogens with zero attached hydrogens (tertiary/aromatic N) is 4. The van der Waals surface area contributed by atoms with Crippen LogP contribution < -0.4 is 5.56 Å². The van der Waals surface area contributed by atoms with E-state index >= 15 is 0 Å². The number of nitriles is 1. The van der Waals surface area contributed by atoms with Crippen LogP contribution in [0.15, 0.2) is 29.1 Å². The maximum atomic E-state index is 12.6. The Morgan fingerprint density at radius 1 is 1.24 bits per heavy atom. The molecule has 0 radical (unpaired) electrons. The maximum absolute atomic E-state index is 12.6. The Morgan fingerprint density at radius 2 is 1.84 bits per heavy atom. The van der Waals surface area contributed by atoms with Crippen molar-refractivity contribution in [3.63, 3.8) is 0 Å². The number of rotatable bonds is 4. The molecular weight excluding hydrogens is 333 g/mol. The Labute approximate surface area is 142 Å². The maximum Gasteiger partial charge on any atom is 0.416 e. The molecule has 1 aromatic carbocycles. The number of alkyl halides is 3. The summed E-state index contributed by atoms with van der Waals surface area (Å²) in [4.78, 5) is 14.0. The summed E-state index contributed by atoms with van der Waals surface area (Å²) in [7, 11) is 1.72. The molecule has 0 aliphatic carbocycles. The van der Waals surface area contributed by atoms with Gasteiger partial charge in [0.1, 0.15) is 11.6 Å². The number of hydrogen-bond acceptors (Lipinski definition) is 4. The van der Waals surface area contributed by atoms with E-state index in [0.29, 0.717) is 23.4 Å². The zero-order valence-electron chi connectivity index (χ0n) is 14.1. The van der Waals surface area contributed by atoms with Gasteiger partial charge in [-0.05, 0) is 44.2 Å². The third-order valence-electron chi connectivity index (χ3n) is 3.86. The van der Waals surface area contributed by atoms with Crippen molar-refractivity contribution in [1.82, 2.24) is 14.7 Å². The van der Waals surface area contributed by atoms with Crippen molar-refractivity contribution in [2.24, 2.45) is 0 Å². The van der Waals surface area contributed by atoms with Gasteiger partial charge in [-0.1, -0.05) is 12.1 Å². The molecule has 0 atom stereocenters. The molecule has 132 valence electrons. The first kappa shape index (κ1) is 18.7. The normalized spacial score (nSPS) is 11.6. The van der Waals surface area contributed by atoms with E-state index in [9.17, 15) is 18.0 Å². The van der Waals surface area contributed by atoms with Crippen molar-refractivity contribution in [2.75, 3.05) is 7.05 Å². The molecule has 8 heteroatoms. The molecule has 25 heavy (non-hydrogen) atoms. The third kappa shape index (κ3) is 4.25. The first-order valence-corrected chi connectivity index (χ1v) is 7.46. The molecule has 0 saturated carbocycles. The summed E-state index contributed by atoms with van der Waals surface area (Å²) < 4.78 is 38.9. The molecule has 1 heterocycles. The predicted molar refractivity (Wildman–Crippen MR) is 85.6 cm³/mol. The fourth-order valence-corrected chi connectivity index (χ4v) is 2.39. The highest BCUT2D eigenvalue weighted by atomic mass is 19.4. The van der Waals surface area contributed by atoms with E-state index in [1.165, 1.54) is 16.8 Å². The van der Waals surface area contributed by atoms with Gasteiger partial charge in [0, 0.05) is 6.54 Å². The van der Waals surface area contributed by atoms with Gasteiger partial charge in [0.15, 0.2) is 0 Å². The lowest BCUT2D eigenvalue weighted by atomic mass is 10.1. The molecule has 0 saturated heterocycles. The van der Waals surface area contributed by atoms with Crippen LogP contribution in [0.4, 0.5) is 13.2 Å². The Balaban J connectivity index is 2.16. The lowest BCUT2D eigenvalue weighted by molar-refractivity contribution is -0.137. The molecule has 2 rings (SSSR count). The molecule has 5 nitrogen and oxygen atoms in total. The van der Waals surface area contributed by atoms with Gasteiger partial charge in [0.25, 0.3) is 5.56 Å². The monoisotopic (exact) mass is 350 g/mol. The topological polar surface area (TPSA) is 61.9 Å². The molecule has 0 spiro atoms. The van der Waals surface area contributed by atoms with E-state index in [1.54, 1.807) is 25.8 Å². The third-order valence-corrected chi connectivity index (χ3v) is 3.86. The van der Waals surface area contributed by atoms with E-state index < -0.39 is 17.3 Å². The van der Waals surface area contributed by atoms with E-state index in [-0.39, 0.29) is 12.2 Å². The second-order valence-electron chi connectivity index (χ2n) is 5.85. The van der Waals surface area contributed by atoms with Crippen molar-refractivity contribution in [1.29, 1.82) is 5.26 Å². The highest BCUT2D eigenvalue weighted by molar-refractivity contribution is 5.36. The zero-order chi connectivity index (χ0) is 18.8. The van der Waals surface area contributed by atoms with Crippen molar-refractivity contribution in [3.8, 4) is 6.07 Å². The molecule has 0 aliphatic heterocycles. The Hall–Kier alpha value is -2.66. The Morgan fingerprint density at radius 3 is 2.36 bits per heavy atom. The number of hydrogen-bond donors (Lipinski definition) is 0. The number of aryl methyl sites for hydroxylation is 1. The van der Waals surface area contributed by atoms with Crippen LogP contribution in [0, 0.1) is 25.2 Å². The SMILES string of the molecule is Cc1nn(CN(C)Cc2ccc(C(F)(F)F)cc2)c(=O)c(C#N)c1C. The Kier molecular flexibility index (Phi) is 5.28. The van der Waals surface area contributed by atoms with Gasteiger partial charge in [-0.3, -0.25) is 9.69 Å². The summed E-state index contributed by atoms with van der Waals surface area (Å²) in [5, 5.41) is 13.3. The lowest BCUT2D eigenvalue weighted by Gasteiger charge is -2.18. The summed E-state index contributed by atoms with van der Waals surface area (Å²) >= 11 is 0. The zero-order valence-corrected chi connectivity index (χ0v) is 14.1. The first-order chi connectivity index (χ1) is 11.6. The van der Waals surface area contributed by atoms with Crippen LogP contribution in [0.3, 0.4) is 0 Å². The van der Waals surface area contributed by atoms with Crippen LogP contribution in [-0.2, 0) is 19.4 Å². The minimum absolute atomic E-state index is 0.0513. The average molecular weight is 350 g/mol. The molecule has 0 unspecified atom stereocenters. The smallest absolute Gasteiger partial charge is 0.283 e. The van der Waals surface area contributed by atoms with Gasteiger partial charge in [0.2, 0.25) is 0 Å². The van der Waals surface area contributed by atoms with Gasteiger partial charge in [-0.2, -0.15) is 23.5 Å². The fraction of sp³-hybridized carbons (Fsp3) is 0.353. The highest BCUT2D eigenvalue weighted by Gasteiger charge is 2.29. The van der Waals surface area contributed by atoms with Crippen LogP contribution in [-0.4, -0.2) is 21.7 Å². The second-order valence-corrected chi connectivity index (χ2v) is 5.85.